The Labute approximate surface area is 139 Å². The number of furan rings is 1. The van der Waals surface area contributed by atoms with E-state index in [1.807, 2.05) is 53.5 Å². The Morgan fingerprint density at radius 2 is 2.22 bits per heavy atom. The molecular weight excluding hydrogens is 310 g/mol. The van der Waals surface area contributed by atoms with Crippen molar-refractivity contribution < 1.29 is 9.21 Å². The van der Waals surface area contributed by atoms with E-state index in [0.717, 1.165) is 29.4 Å². The number of thiazole rings is 1. The Bertz CT molecular complexity index is 732. The van der Waals surface area contributed by atoms with Gasteiger partial charge in [-0.05, 0) is 37.6 Å². The summed E-state index contributed by atoms with van der Waals surface area (Å²) in [5.74, 6) is 0.947. The average molecular weight is 329 g/mol. The van der Waals surface area contributed by atoms with Gasteiger partial charge < -0.3 is 14.3 Å². The van der Waals surface area contributed by atoms with E-state index in [1.54, 1.807) is 6.26 Å². The van der Waals surface area contributed by atoms with E-state index in [-0.39, 0.29) is 11.9 Å². The van der Waals surface area contributed by atoms with Crippen LogP contribution in [0.1, 0.15) is 24.8 Å². The summed E-state index contributed by atoms with van der Waals surface area (Å²) in [7, 11) is 0. The summed E-state index contributed by atoms with van der Waals surface area (Å²) >= 11 is 1.54. The number of carbonyl (C=O) groups is 1. The highest BCUT2D eigenvalue weighted by atomic mass is 32.1. The molecule has 1 amide bonds. The van der Waals surface area contributed by atoms with E-state index in [0.29, 0.717) is 6.42 Å². The molecule has 0 saturated carbocycles. The summed E-state index contributed by atoms with van der Waals surface area (Å²) in [6, 6.07) is 7.84. The van der Waals surface area contributed by atoms with Gasteiger partial charge in [0.05, 0.1) is 18.4 Å². The van der Waals surface area contributed by atoms with Crippen LogP contribution in [0.4, 0.5) is 0 Å². The van der Waals surface area contributed by atoms with Crippen LogP contribution in [-0.2, 0) is 17.6 Å². The Morgan fingerprint density at radius 3 is 2.96 bits per heavy atom. The van der Waals surface area contributed by atoms with Gasteiger partial charge in [0.2, 0.25) is 5.91 Å². The van der Waals surface area contributed by atoms with Crippen molar-refractivity contribution >= 4 is 17.2 Å². The maximum Gasteiger partial charge on any atom is 0.226 e. The van der Waals surface area contributed by atoms with Crippen molar-refractivity contribution in [2.24, 2.45) is 0 Å². The molecule has 0 aliphatic heterocycles. The number of amides is 1. The molecule has 3 heterocycles. The molecule has 0 bridgehead atoms. The summed E-state index contributed by atoms with van der Waals surface area (Å²) in [5.41, 5.74) is 0.800. The summed E-state index contributed by atoms with van der Waals surface area (Å²) in [6.07, 6.45) is 7.54. The molecule has 3 aromatic heterocycles. The summed E-state index contributed by atoms with van der Waals surface area (Å²) < 4.78 is 7.24. The highest BCUT2D eigenvalue weighted by molar-refractivity contribution is 7.12. The minimum absolute atomic E-state index is 0.00120. The highest BCUT2D eigenvalue weighted by Crippen LogP contribution is 2.15. The van der Waals surface area contributed by atoms with Crippen molar-refractivity contribution in [1.82, 2.24) is 14.9 Å². The van der Waals surface area contributed by atoms with Gasteiger partial charge in [0, 0.05) is 30.2 Å². The molecule has 120 valence electrons. The smallest absolute Gasteiger partial charge is 0.226 e. The van der Waals surface area contributed by atoms with Gasteiger partial charge in [-0.2, -0.15) is 0 Å². The van der Waals surface area contributed by atoms with Gasteiger partial charge >= 0.3 is 0 Å². The van der Waals surface area contributed by atoms with Gasteiger partial charge in [-0.3, -0.25) is 4.79 Å². The first kappa shape index (κ1) is 15.6. The van der Waals surface area contributed by atoms with Crippen LogP contribution in [0, 0.1) is 0 Å². The van der Waals surface area contributed by atoms with Crippen LogP contribution in [0.5, 0.6) is 0 Å². The van der Waals surface area contributed by atoms with Crippen LogP contribution in [0.25, 0.3) is 5.13 Å². The number of hydrogen-bond donors (Lipinski definition) is 1. The summed E-state index contributed by atoms with van der Waals surface area (Å²) in [6.45, 7) is 2.01. The number of nitrogens with one attached hydrogen (secondary N) is 1. The molecule has 0 saturated heterocycles. The Morgan fingerprint density at radius 1 is 1.39 bits per heavy atom. The maximum atomic E-state index is 12.1. The number of carbonyl (C=O) groups excluding carboxylic acids is 1. The first-order valence-corrected chi connectivity index (χ1v) is 8.48. The Kier molecular flexibility index (Phi) is 4.92. The average Bonchev–Trinajstić information content (AvgIpc) is 3.26. The molecule has 1 N–H and O–H groups in total. The van der Waals surface area contributed by atoms with Gasteiger partial charge in [-0.1, -0.05) is 0 Å². The van der Waals surface area contributed by atoms with Crippen molar-refractivity contribution in [2.45, 2.75) is 32.2 Å². The van der Waals surface area contributed by atoms with Crippen molar-refractivity contribution in [3.8, 4) is 5.13 Å². The first-order valence-electron chi connectivity index (χ1n) is 7.60. The minimum atomic E-state index is 0.00120. The van der Waals surface area contributed by atoms with Gasteiger partial charge in [0.1, 0.15) is 5.76 Å². The monoisotopic (exact) mass is 329 g/mol. The zero-order chi connectivity index (χ0) is 16.1. The quantitative estimate of drug-likeness (QED) is 0.724. The Hall–Kier alpha value is -2.34. The van der Waals surface area contributed by atoms with E-state index in [2.05, 4.69) is 10.3 Å². The highest BCUT2D eigenvalue weighted by Gasteiger charge is 2.11. The van der Waals surface area contributed by atoms with E-state index in [1.165, 1.54) is 11.3 Å². The van der Waals surface area contributed by atoms with Gasteiger partial charge in [0.25, 0.3) is 0 Å². The van der Waals surface area contributed by atoms with E-state index in [4.69, 9.17) is 4.42 Å². The lowest BCUT2D eigenvalue weighted by Crippen LogP contribution is -2.34. The molecule has 0 spiro atoms. The fourth-order valence-corrected chi connectivity index (χ4v) is 3.13. The molecule has 5 nitrogen and oxygen atoms in total. The van der Waals surface area contributed by atoms with Crippen LogP contribution in [0.15, 0.2) is 52.7 Å². The fraction of sp³-hybridized carbons (Fsp3) is 0.294. The predicted octanol–water partition coefficient (Wildman–Crippen LogP) is 3.21. The molecular formula is C17H19N3O2S. The molecule has 3 aromatic rings. The van der Waals surface area contributed by atoms with Crippen LogP contribution in [0.3, 0.4) is 0 Å². The standard InChI is InChI=1S/C17H19N3O2S/c1-13(6-7-15-5-4-10-22-15)18-16(21)11-14-12-23-17(19-14)20-8-2-3-9-20/h2-5,8-10,12-13H,6-7,11H2,1H3,(H,18,21)/t13-/m0/s1. The number of rotatable bonds is 7. The second-order valence-electron chi connectivity index (χ2n) is 5.48. The van der Waals surface area contributed by atoms with Crippen LogP contribution in [0.2, 0.25) is 0 Å². The third kappa shape index (κ3) is 4.32. The lowest BCUT2D eigenvalue weighted by atomic mass is 10.1. The van der Waals surface area contributed by atoms with Crippen molar-refractivity contribution in [3.63, 3.8) is 0 Å². The molecule has 0 aliphatic carbocycles. The minimum Gasteiger partial charge on any atom is -0.469 e. The second kappa shape index (κ2) is 7.28. The molecule has 23 heavy (non-hydrogen) atoms. The molecule has 1 atom stereocenters. The zero-order valence-electron chi connectivity index (χ0n) is 12.9. The Balaban J connectivity index is 1.47. The molecule has 3 rings (SSSR count). The molecule has 0 aromatic carbocycles. The molecule has 0 aliphatic rings. The third-order valence-electron chi connectivity index (χ3n) is 3.52. The topological polar surface area (TPSA) is 60.1 Å². The summed E-state index contributed by atoms with van der Waals surface area (Å²) in [5, 5.41) is 5.82. The summed E-state index contributed by atoms with van der Waals surface area (Å²) in [4.78, 5) is 16.6. The number of aromatic nitrogens is 2. The van der Waals surface area contributed by atoms with Crippen LogP contribution in [-0.4, -0.2) is 21.5 Å². The lowest BCUT2D eigenvalue weighted by Gasteiger charge is -2.12. The van der Waals surface area contributed by atoms with Crippen LogP contribution >= 0.6 is 11.3 Å². The second-order valence-corrected chi connectivity index (χ2v) is 6.31. The van der Waals surface area contributed by atoms with Crippen molar-refractivity contribution in [1.29, 1.82) is 0 Å². The SMILES string of the molecule is C[C@@H](CCc1ccco1)NC(=O)Cc1csc(-n2cccc2)n1. The van der Waals surface area contributed by atoms with Gasteiger partial charge in [0.15, 0.2) is 5.13 Å². The van der Waals surface area contributed by atoms with E-state index >= 15 is 0 Å². The molecule has 0 fully saturated rings. The normalized spacial score (nSPS) is 12.2. The fourth-order valence-electron chi connectivity index (χ4n) is 2.33. The third-order valence-corrected chi connectivity index (χ3v) is 4.42. The number of hydrogen-bond acceptors (Lipinski definition) is 4. The van der Waals surface area contributed by atoms with E-state index < -0.39 is 0 Å². The van der Waals surface area contributed by atoms with Gasteiger partial charge in [-0.15, -0.1) is 11.3 Å². The number of nitrogens with zero attached hydrogens (tertiary/aromatic N) is 2. The van der Waals surface area contributed by atoms with E-state index in [9.17, 15) is 4.79 Å². The largest absolute Gasteiger partial charge is 0.469 e. The lowest BCUT2D eigenvalue weighted by molar-refractivity contribution is -0.121. The molecule has 0 unspecified atom stereocenters. The zero-order valence-corrected chi connectivity index (χ0v) is 13.8. The van der Waals surface area contributed by atoms with Crippen LogP contribution < -0.4 is 5.32 Å². The van der Waals surface area contributed by atoms with Crippen molar-refractivity contribution in [2.75, 3.05) is 0 Å². The first-order chi connectivity index (χ1) is 11.2. The number of aryl methyl sites for hydroxylation is 1. The van der Waals surface area contributed by atoms with Gasteiger partial charge in [-0.25, -0.2) is 4.98 Å². The molecule has 0 radical (unpaired) electrons. The van der Waals surface area contributed by atoms with Crippen molar-refractivity contribution in [3.05, 3.63) is 59.8 Å². The maximum absolute atomic E-state index is 12.1. The molecule has 6 heteroatoms. The predicted molar refractivity (Wildman–Crippen MR) is 89.8 cm³/mol.